The minimum absolute atomic E-state index is 0.173. The van der Waals surface area contributed by atoms with Crippen LogP contribution in [0, 0.1) is 6.92 Å². The molecule has 1 aliphatic heterocycles. The number of carbonyl (C=O) groups is 1. The van der Waals surface area contributed by atoms with Gasteiger partial charge in [0, 0.05) is 34.7 Å². The van der Waals surface area contributed by atoms with Gasteiger partial charge >= 0.3 is 0 Å². The number of halogens is 1. The maximum Gasteiger partial charge on any atom is 0.291 e. The topological polar surface area (TPSA) is 88.9 Å². The van der Waals surface area contributed by atoms with E-state index in [9.17, 15) is 13.2 Å². The Morgan fingerprint density at radius 2 is 1.79 bits per heavy atom. The van der Waals surface area contributed by atoms with E-state index in [1.54, 1.807) is 37.3 Å². The number of morpholine rings is 1. The lowest BCUT2D eigenvalue weighted by atomic mass is 10.1. The third kappa shape index (κ3) is 3.89. The van der Waals surface area contributed by atoms with E-state index in [1.165, 1.54) is 16.4 Å². The lowest BCUT2D eigenvalue weighted by Crippen LogP contribution is -2.40. The zero-order valence-electron chi connectivity index (χ0n) is 15.6. The largest absolute Gasteiger partial charge is 0.451 e. The number of hydrogen-bond donors (Lipinski definition) is 1. The van der Waals surface area contributed by atoms with Crippen LogP contribution in [0.4, 0.5) is 5.69 Å². The summed E-state index contributed by atoms with van der Waals surface area (Å²) in [7, 11) is -3.58. The van der Waals surface area contributed by atoms with Crippen molar-refractivity contribution < 1.29 is 22.4 Å². The summed E-state index contributed by atoms with van der Waals surface area (Å²) in [6.45, 7) is 3.21. The molecule has 152 valence electrons. The molecule has 2 heterocycles. The Kier molecular flexibility index (Phi) is 5.35. The Bertz CT molecular complexity index is 1170. The van der Waals surface area contributed by atoms with Gasteiger partial charge in [0.15, 0.2) is 5.76 Å². The zero-order chi connectivity index (χ0) is 20.6. The van der Waals surface area contributed by atoms with Gasteiger partial charge in [-0.2, -0.15) is 4.31 Å². The second-order valence-electron chi connectivity index (χ2n) is 6.69. The van der Waals surface area contributed by atoms with E-state index in [1.807, 2.05) is 0 Å². The summed E-state index contributed by atoms with van der Waals surface area (Å²) >= 11 is 6.02. The van der Waals surface area contributed by atoms with Crippen LogP contribution in [0.1, 0.15) is 16.1 Å². The molecule has 1 aromatic heterocycles. The second-order valence-corrected chi connectivity index (χ2v) is 9.07. The minimum Gasteiger partial charge on any atom is -0.451 e. The van der Waals surface area contributed by atoms with Crippen LogP contribution in [0.5, 0.6) is 0 Å². The summed E-state index contributed by atoms with van der Waals surface area (Å²) < 4.78 is 37.6. The summed E-state index contributed by atoms with van der Waals surface area (Å²) in [6.07, 6.45) is 0. The molecule has 0 unspecified atom stereocenters. The number of furan rings is 1. The normalized spacial score (nSPS) is 15.5. The molecule has 0 bridgehead atoms. The second kappa shape index (κ2) is 7.79. The molecule has 1 aliphatic rings. The molecule has 0 saturated carbocycles. The quantitative estimate of drug-likeness (QED) is 0.676. The first-order valence-corrected chi connectivity index (χ1v) is 10.9. The smallest absolute Gasteiger partial charge is 0.291 e. The Labute approximate surface area is 173 Å². The van der Waals surface area contributed by atoms with E-state index in [0.717, 1.165) is 5.39 Å². The number of carbonyl (C=O) groups excluding carboxylic acids is 1. The fourth-order valence-electron chi connectivity index (χ4n) is 3.24. The third-order valence-electron chi connectivity index (χ3n) is 4.82. The van der Waals surface area contributed by atoms with Crippen molar-refractivity contribution in [1.82, 2.24) is 4.31 Å². The third-order valence-corrected chi connectivity index (χ3v) is 6.97. The molecule has 3 aromatic rings. The van der Waals surface area contributed by atoms with Gasteiger partial charge in [-0.3, -0.25) is 4.79 Å². The number of hydrogen-bond acceptors (Lipinski definition) is 5. The van der Waals surface area contributed by atoms with E-state index in [0.29, 0.717) is 48.2 Å². The maximum atomic E-state index is 12.7. The van der Waals surface area contributed by atoms with Crippen molar-refractivity contribution in [3.8, 4) is 0 Å². The molecular formula is C20H19ClN2O5S. The highest BCUT2D eigenvalue weighted by atomic mass is 35.5. The van der Waals surface area contributed by atoms with Crippen LogP contribution in [-0.4, -0.2) is 44.9 Å². The van der Waals surface area contributed by atoms with Gasteiger partial charge in [-0.25, -0.2) is 8.42 Å². The molecule has 7 nitrogen and oxygen atoms in total. The SMILES string of the molecule is Cc1c(C(=O)Nc2ccc(S(=O)(=O)N3CCOCC3)cc2)oc2ccc(Cl)cc12. The van der Waals surface area contributed by atoms with E-state index < -0.39 is 15.9 Å². The summed E-state index contributed by atoms with van der Waals surface area (Å²) in [5.74, 6) is -0.231. The number of anilines is 1. The summed E-state index contributed by atoms with van der Waals surface area (Å²) in [6, 6.07) is 11.2. The van der Waals surface area contributed by atoms with E-state index in [4.69, 9.17) is 20.8 Å². The molecule has 1 fully saturated rings. The number of rotatable bonds is 4. The van der Waals surface area contributed by atoms with Gasteiger partial charge < -0.3 is 14.5 Å². The van der Waals surface area contributed by atoms with Crippen LogP contribution in [0.25, 0.3) is 11.0 Å². The van der Waals surface area contributed by atoms with Gasteiger partial charge in [0.2, 0.25) is 10.0 Å². The number of fused-ring (bicyclic) bond motifs is 1. The van der Waals surface area contributed by atoms with Crippen molar-refractivity contribution in [2.75, 3.05) is 31.6 Å². The Morgan fingerprint density at radius 3 is 2.48 bits per heavy atom. The van der Waals surface area contributed by atoms with Crippen LogP contribution in [0.3, 0.4) is 0 Å². The molecular weight excluding hydrogens is 416 g/mol. The van der Waals surface area contributed by atoms with Crippen molar-refractivity contribution in [3.63, 3.8) is 0 Å². The molecule has 29 heavy (non-hydrogen) atoms. The molecule has 4 rings (SSSR count). The van der Waals surface area contributed by atoms with Crippen molar-refractivity contribution >= 4 is 44.2 Å². The summed E-state index contributed by atoms with van der Waals surface area (Å²) in [5, 5.41) is 4.07. The van der Waals surface area contributed by atoms with Crippen molar-refractivity contribution in [1.29, 1.82) is 0 Å². The maximum absolute atomic E-state index is 12.7. The number of ether oxygens (including phenoxy) is 1. The number of sulfonamides is 1. The van der Waals surface area contributed by atoms with Gasteiger partial charge in [0.05, 0.1) is 18.1 Å². The highest BCUT2D eigenvalue weighted by molar-refractivity contribution is 7.89. The molecule has 0 spiro atoms. The van der Waals surface area contributed by atoms with Crippen molar-refractivity contribution in [2.24, 2.45) is 0 Å². The number of amides is 1. The van der Waals surface area contributed by atoms with E-state index in [2.05, 4.69) is 5.32 Å². The number of nitrogens with zero attached hydrogens (tertiary/aromatic N) is 1. The summed E-state index contributed by atoms with van der Waals surface area (Å²) in [5.41, 5.74) is 1.73. The molecule has 9 heteroatoms. The average Bonchev–Trinajstić information content (AvgIpc) is 3.05. The monoisotopic (exact) mass is 434 g/mol. The molecule has 1 saturated heterocycles. The van der Waals surface area contributed by atoms with Gasteiger partial charge in [0.1, 0.15) is 5.58 Å². The van der Waals surface area contributed by atoms with Gasteiger partial charge in [-0.1, -0.05) is 11.6 Å². The predicted molar refractivity (Wildman–Crippen MR) is 110 cm³/mol. The fraction of sp³-hybridized carbons (Fsp3) is 0.250. The number of benzene rings is 2. The molecule has 0 atom stereocenters. The van der Waals surface area contributed by atoms with Crippen LogP contribution in [-0.2, 0) is 14.8 Å². The Hall–Kier alpha value is -2.39. The van der Waals surface area contributed by atoms with Crippen LogP contribution < -0.4 is 5.32 Å². The van der Waals surface area contributed by atoms with Crippen LogP contribution in [0.15, 0.2) is 51.8 Å². The average molecular weight is 435 g/mol. The van der Waals surface area contributed by atoms with E-state index in [-0.39, 0.29) is 10.7 Å². The highest BCUT2D eigenvalue weighted by Gasteiger charge is 2.26. The molecule has 2 aromatic carbocycles. The van der Waals surface area contributed by atoms with Crippen LogP contribution in [0.2, 0.25) is 5.02 Å². The van der Waals surface area contributed by atoms with Crippen molar-refractivity contribution in [2.45, 2.75) is 11.8 Å². The Balaban J connectivity index is 1.53. The van der Waals surface area contributed by atoms with E-state index >= 15 is 0 Å². The first-order valence-electron chi connectivity index (χ1n) is 9.04. The number of aryl methyl sites for hydroxylation is 1. The fourth-order valence-corrected chi connectivity index (χ4v) is 4.82. The van der Waals surface area contributed by atoms with Gasteiger partial charge in [-0.05, 0) is 49.4 Å². The van der Waals surface area contributed by atoms with Gasteiger partial charge in [0.25, 0.3) is 5.91 Å². The molecule has 1 N–H and O–H groups in total. The number of nitrogens with one attached hydrogen (secondary N) is 1. The standard InChI is InChI=1S/C20H19ClN2O5S/c1-13-17-12-14(21)2-7-18(17)28-19(13)20(24)22-15-3-5-16(6-4-15)29(25,26)23-8-10-27-11-9-23/h2-7,12H,8-11H2,1H3,(H,22,24). The van der Waals surface area contributed by atoms with Crippen LogP contribution >= 0.6 is 11.6 Å². The molecule has 0 aliphatic carbocycles. The van der Waals surface area contributed by atoms with Gasteiger partial charge in [-0.15, -0.1) is 0 Å². The first kappa shape index (κ1) is 19.9. The lowest BCUT2D eigenvalue weighted by Gasteiger charge is -2.26. The highest BCUT2D eigenvalue weighted by Crippen LogP contribution is 2.28. The Morgan fingerprint density at radius 1 is 1.10 bits per heavy atom. The lowest BCUT2D eigenvalue weighted by molar-refractivity contribution is 0.0730. The minimum atomic E-state index is -3.58. The first-order chi connectivity index (χ1) is 13.9. The molecule has 1 amide bonds. The summed E-state index contributed by atoms with van der Waals surface area (Å²) in [4.78, 5) is 12.8. The zero-order valence-corrected chi connectivity index (χ0v) is 17.2. The predicted octanol–water partition coefficient (Wildman–Crippen LogP) is 3.67. The molecule has 0 radical (unpaired) electrons. The van der Waals surface area contributed by atoms with Crippen molar-refractivity contribution in [3.05, 3.63) is 58.8 Å².